The Balaban J connectivity index is 1.65. The van der Waals surface area contributed by atoms with Crippen LogP contribution in [0.5, 0.6) is 0 Å². The summed E-state index contributed by atoms with van der Waals surface area (Å²) in [4.78, 5) is 29.5. The first-order chi connectivity index (χ1) is 17.7. The van der Waals surface area contributed by atoms with Gasteiger partial charge in [0.25, 0.3) is 0 Å². The number of anilines is 1. The van der Waals surface area contributed by atoms with E-state index < -0.39 is 0 Å². The number of benzene rings is 1. The van der Waals surface area contributed by atoms with Gasteiger partial charge >= 0.3 is 0 Å². The molecule has 7 nitrogen and oxygen atoms in total. The molecule has 1 aliphatic heterocycles. The van der Waals surface area contributed by atoms with Gasteiger partial charge in [-0.3, -0.25) is 14.5 Å². The Labute approximate surface area is 224 Å². The van der Waals surface area contributed by atoms with Crippen molar-refractivity contribution in [2.45, 2.75) is 44.9 Å². The average molecular weight is 535 g/mol. The van der Waals surface area contributed by atoms with Crippen LogP contribution in [0.2, 0.25) is 0 Å². The molecule has 3 aromatic heterocycles. The van der Waals surface area contributed by atoms with E-state index in [0.29, 0.717) is 11.6 Å². The second-order valence-electron chi connectivity index (χ2n) is 10.1. The summed E-state index contributed by atoms with van der Waals surface area (Å²) in [7, 11) is 0. The minimum absolute atomic E-state index is 0.0662. The average Bonchev–Trinajstić information content (AvgIpc) is 3.62. The van der Waals surface area contributed by atoms with Crippen molar-refractivity contribution in [3.8, 4) is 5.69 Å². The van der Waals surface area contributed by atoms with Crippen molar-refractivity contribution in [3.05, 3.63) is 87.6 Å². The summed E-state index contributed by atoms with van der Waals surface area (Å²) < 4.78 is 7.19. The highest BCUT2D eigenvalue weighted by atomic mass is 32.2. The molecule has 0 bridgehead atoms. The molecular formula is C28H30N4O3S2. The Hall–Kier alpha value is -3.30. The second kappa shape index (κ2) is 10.2. The van der Waals surface area contributed by atoms with Crippen molar-refractivity contribution in [3.63, 3.8) is 0 Å². The zero-order valence-corrected chi connectivity index (χ0v) is 23.0. The van der Waals surface area contributed by atoms with E-state index in [-0.39, 0.29) is 41.3 Å². The van der Waals surface area contributed by atoms with Gasteiger partial charge in [0.1, 0.15) is 18.1 Å². The fourth-order valence-corrected chi connectivity index (χ4v) is 6.58. The van der Waals surface area contributed by atoms with E-state index in [1.165, 1.54) is 0 Å². The monoisotopic (exact) mass is 534 g/mol. The number of hydrogen-bond donors (Lipinski definition) is 1. The number of rotatable bonds is 6. The Morgan fingerprint density at radius 2 is 1.95 bits per heavy atom. The number of nitrogens with one attached hydrogen (secondary N) is 1. The third kappa shape index (κ3) is 5.24. The van der Waals surface area contributed by atoms with Crippen molar-refractivity contribution in [2.24, 2.45) is 0 Å². The number of aryl methyl sites for hydroxylation is 1. The van der Waals surface area contributed by atoms with Crippen LogP contribution in [-0.4, -0.2) is 33.9 Å². The van der Waals surface area contributed by atoms with Crippen LogP contribution in [0.3, 0.4) is 0 Å². The molecule has 0 aliphatic carbocycles. The van der Waals surface area contributed by atoms with E-state index in [1.807, 2.05) is 41.9 Å². The molecule has 2 amide bonds. The molecule has 9 heteroatoms. The van der Waals surface area contributed by atoms with Crippen LogP contribution in [0.4, 0.5) is 5.82 Å². The van der Waals surface area contributed by atoms with Crippen molar-refractivity contribution in [1.82, 2.24) is 15.1 Å². The van der Waals surface area contributed by atoms with Crippen LogP contribution in [-0.2, 0) is 21.5 Å². The third-order valence-corrected chi connectivity index (χ3v) is 8.54. The zero-order chi connectivity index (χ0) is 26.2. The molecule has 192 valence electrons. The number of thiophene rings is 1. The Kier molecular flexibility index (Phi) is 7.00. The summed E-state index contributed by atoms with van der Waals surface area (Å²) in [5.74, 6) is 1.20. The molecule has 5 rings (SSSR count). The third-order valence-electron chi connectivity index (χ3n) is 6.22. The Bertz CT molecular complexity index is 1380. The molecule has 4 aromatic rings. The number of aromatic nitrogens is 2. The number of fused-ring (bicyclic) bond motifs is 1. The molecule has 4 heterocycles. The number of hydrogen-bond acceptors (Lipinski definition) is 6. The van der Waals surface area contributed by atoms with Gasteiger partial charge in [0.15, 0.2) is 0 Å². The number of carbonyl (C=O) groups excluding carboxylic acids is 2. The summed E-state index contributed by atoms with van der Waals surface area (Å²) in [6, 6.07) is 15.8. The van der Waals surface area contributed by atoms with Crippen LogP contribution >= 0.6 is 23.1 Å². The minimum atomic E-state index is -0.281. The zero-order valence-electron chi connectivity index (χ0n) is 21.4. The molecule has 0 saturated carbocycles. The lowest BCUT2D eigenvalue weighted by molar-refractivity contribution is -0.123. The summed E-state index contributed by atoms with van der Waals surface area (Å²) in [6.07, 6.45) is 1.57. The highest BCUT2D eigenvalue weighted by molar-refractivity contribution is 8.00. The lowest BCUT2D eigenvalue weighted by Gasteiger charge is -2.24. The van der Waals surface area contributed by atoms with E-state index in [0.717, 1.165) is 27.4 Å². The molecule has 1 aliphatic rings. The largest absolute Gasteiger partial charge is 0.467 e. The molecular weight excluding hydrogens is 504 g/mol. The number of carbonyl (C=O) groups is 2. The molecule has 1 unspecified atom stereocenters. The van der Waals surface area contributed by atoms with E-state index in [2.05, 4.69) is 37.5 Å². The summed E-state index contributed by atoms with van der Waals surface area (Å²) >= 11 is 3.27. The van der Waals surface area contributed by atoms with Crippen LogP contribution in [0.25, 0.3) is 5.69 Å². The quantitative estimate of drug-likeness (QED) is 0.347. The maximum absolute atomic E-state index is 13.6. The molecule has 1 aromatic carbocycles. The second-order valence-corrected chi connectivity index (χ2v) is 12.2. The van der Waals surface area contributed by atoms with Gasteiger partial charge in [-0.25, -0.2) is 4.68 Å². The fraction of sp³-hybridized carbons (Fsp3) is 0.321. The number of amides is 2. The van der Waals surface area contributed by atoms with Crippen LogP contribution in [0.15, 0.2) is 64.6 Å². The molecule has 0 fully saturated rings. The fourth-order valence-electron chi connectivity index (χ4n) is 4.40. The smallest absolute Gasteiger partial charge is 0.240 e. The van der Waals surface area contributed by atoms with E-state index in [9.17, 15) is 9.59 Å². The van der Waals surface area contributed by atoms with Gasteiger partial charge in [-0.15, -0.1) is 23.1 Å². The number of furan rings is 1. The molecule has 0 spiro atoms. The lowest BCUT2D eigenvalue weighted by Crippen LogP contribution is -2.42. The molecule has 1 N–H and O–H groups in total. The first-order valence-electron chi connectivity index (χ1n) is 12.2. The summed E-state index contributed by atoms with van der Waals surface area (Å²) in [5.41, 5.74) is 3.62. The maximum Gasteiger partial charge on any atom is 0.240 e. The minimum Gasteiger partial charge on any atom is -0.467 e. The van der Waals surface area contributed by atoms with Crippen LogP contribution < -0.4 is 10.2 Å². The standard InChI is InChI=1S/C28H30N4O3S2/c1-18-9-11-19(12-10-18)32-27-24(26(30-32)28(2,3)4)25(21-8-6-14-36-21)37-17-23(34)31(27)16-22(33)29-15-20-7-5-13-35-20/h5-14,25H,15-17H2,1-4H3,(H,29,33). The molecule has 1 atom stereocenters. The molecule has 0 radical (unpaired) electrons. The van der Waals surface area contributed by atoms with Crippen molar-refractivity contribution in [1.29, 1.82) is 0 Å². The van der Waals surface area contributed by atoms with E-state index in [4.69, 9.17) is 9.52 Å². The van der Waals surface area contributed by atoms with Gasteiger partial charge < -0.3 is 9.73 Å². The SMILES string of the molecule is Cc1ccc(-n2nc(C(C)(C)C)c3c2N(CC(=O)NCc2ccco2)C(=O)CSC3c2cccs2)cc1. The first-order valence-corrected chi connectivity index (χ1v) is 14.1. The summed E-state index contributed by atoms with van der Waals surface area (Å²) in [5, 5.41) is 9.99. The number of thioether (sulfide) groups is 1. The van der Waals surface area contributed by atoms with Gasteiger partial charge in [0, 0.05) is 15.9 Å². The van der Waals surface area contributed by atoms with Crippen LogP contribution in [0, 0.1) is 6.92 Å². The van der Waals surface area contributed by atoms with Crippen molar-refractivity contribution >= 4 is 40.7 Å². The lowest BCUT2D eigenvalue weighted by atomic mass is 9.88. The highest BCUT2D eigenvalue weighted by Gasteiger charge is 2.40. The van der Waals surface area contributed by atoms with Crippen molar-refractivity contribution < 1.29 is 14.0 Å². The Morgan fingerprint density at radius 3 is 2.59 bits per heavy atom. The molecule has 0 saturated heterocycles. The normalized spacial score (nSPS) is 15.9. The predicted molar refractivity (Wildman–Crippen MR) is 149 cm³/mol. The topological polar surface area (TPSA) is 80.4 Å². The predicted octanol–water partition coefficient (Wildman–Crippen LogP) is 5.62. The maximum atomic E-state index is 13.6. The van der Waals surface area contributed by atoms with Gasteiger partial charge in [-0.2, -0.15) is 5.10 Å². The van der Waals surface area contributed by atoms with Gasteiger partial charge in [-0.05, 0) is 42.6 Å². The van der Waals surface area contributed by atoms with Gasteiger partial charge in [0.05, 0.1) is 35.2 Å². The Morgan fingerprint density at radius 1 is 1.16 bits per heavy atom. The van der Waals surface area contributed by atoms with Crippen LogP contribution in [0.1, 0.15) is 53.5 Å². The number of nitrogens with zero attached hydrogens (tertiary/aromatic N) is 3. The summed E-state index contributed by atoms with van der Waals surface area (Å²) in [6.45, 7) is 8.61. The van der Waals surface area contributed by atoms with Gasteiger partial charge in [-0.1, -0.05) is 44.5 Å². The highest BCUT2D eigenvalue weighted by Crippen LogP contribution is 2.49. The first kappa shape index (κ1) is 25.4. The van der Waals surface area contributed by atoms with Crippen molar-refractivity contribution in [2.75, 3.05) is 17.2 Å². The van der Waals surface area contributed by atoms with E-state index >= 15 is 0 Å². The van der Waals surface area contributed by atoms with Gasteiger partial charge in [0.2, 0.25) is 11.8 Å². The van der Waals surface area contributed by atoms with E-state index in [1.54, 1.807) is 46.4 Å². The molecule has 37 heavy (non-hydrogen) atoms.